The summed E-state index contributed by atoms with van der Waals surface area (Å²) in [5.41, 5.74) is 1.16. The standard InChI is InChI=1S/C15H16N2O6/c1-8-5-11-12(23-7-22-11)6-10(8)17-14(19)9(16-15(17)20)3-4-13(18)21-2/h5-6,9H,3-4,7H2,1-2H3,(H,16,20)/t9-/m1/s1. The summed E-state index contributed by atoms with van der Waals surface area (Å²) in [5, 5.41) is 2.58. The summed E-state index contributed by atoms with van der Waals surface area (Å²) in [6.07, 6.45) is 0.249. The van der Waals surface area contributed by atoms with E-state index in [1.54, 1.807) is 19.1 Å². The van der Waals surface area contributed by atoms with E-state index in [1.807, 2.05) is 0 Å². The Morgan fingerprint density at radius 3 is 2.74 bits per heavy atom. The van der Waals surface area contributed by atoms with Gasteiger partial charge in [0.2, 0.25) is 6.79 Å². The third-order valence-electron chi connectivity index (χ3n) is 3.82. The largest absolute Gasteiger partial charge is 0.469 e. The number of nitrogens with one attached hydrogen (secondary N) is 1. The van der Waals surface area contributed by atoms with Crippen LogP contribution in [0.5, 0.6) is 11.5 Å². The molecule has 23 heavy (non-hydrogen) atoms. The molecule has 8 heteroatoms. The molecule has 0 aromatic heterocycles. The van der Waals surface area contributed by atoms with Crippen molar-refractivity contribution in [3.05, 3.63) is 17.7 Å². The zero-order valence-corrected chi connectivity index (χ0v) is 12.8. The fourth-order valence-corrected chi connectivity index (χ4v) is 2.59. The lowest BCUT2D eigenvalue weighted by molar-refractivity contribution is -0.140. The number of imide groups is 1. The third kappa shape index (κ3) is 2.67. The molecule has 8 nitrogen and oxygen atoms in total. The number of benzene rings is 1. The summed E-state index contributed by atoms with van der Waals surface area (Å²) < 4.78 is 15.1. The van der Waals surface area contributed by atoms with Crippen molar-refractivity contribution in [3.8, 4) is 11.5 Å². The highest BCUT2D eigenvalue weighted by atomic mass is 16.7. The second kappa shape index (κ2) is 5.79. The number of carbonyl (C=O) groups is 3. The van der Waals surface area contributed by atoms with Crippen molar-refractivity contribution >= 4 is 23.6 Å². The predicted octanol–water partition coefficient (Wildman–Crippen LogP) is 1.10. The lowest BCUT2D eigenvalue weighted by atomic mass is 10.1. The Morgan fingerprint density at radius 2 is 2.04 bits per heavy atom. The second-order valence-corrected chi connectivity index (χ2v) is 5.28. The molecule has 1 N–H and O–H groups in total. The van der Waals surface area contributed by atoms with Gasteiger partial charge >= 0.3 is 12.0 Å². The Labute approximate surface area is 132 Å². The van der Waals surface area contributed by atoms with Crippen LogP contribution >= 0.6 is 0 Å². The van der Waals surface area contributed by atoms with Crippen LogP contribution in [-0.2, 0) is 14.3 Å². The molecule has 0 spiro atoms. The minimum absolute atomic E-state index is 0.0567. The monoisotopic (exact) mass is 320 g/mol. The summed E-state index contributed by atoms with van der Waals surface area (Å²) in [6, 6.07) is 2.07. The number of hydrogen-bond acceptors (Lipinski definition) is 6. The van der Waals surface area contributed by atoms with Gasteiger partial charge in [0.05, 0.1) is 12.8 Å². The first kappa shape index (κ1) is 15.1. The zero-order valence-electron chi connectivity index (χ0n) is 12.8. The van der Waals surface area contributed by atoms with Crippen molar-refractivity contribution in [3.63, 3.8) is 0 Å². The highest BCUT2D eigenvalue weighted by molar-refractivity contribution is 6.21. The van der Waals surface area contributed by atoms with Crippen molar-refractivity contribution in [1.82, 2.24) is 5.32 Å². The van der Waals surface area contributed by atoms with Gasteiger partial charge in [0.25, 0.3) is 5.91 Å². The van der Waals surface area contributed by atoms with Crippen LogP contribution in [0.3, 0.4) is 0 Å². The molecular formula is C15H16N2O6. The number of rotatable bonds is 4. The number of carbonyl (C=O) groups excluding carboxylic acids is 3. The highest BCUT2D eigenvalue weighted by Gasteiger charge is 2.40. The summed E-state index contributed by atoms with van der Waals surface area (Å²) in [4.78, 5) is 36.9. The smallest absolute Gasteiger partial charge is 0.329 e. The Kier molecular flexibility index (Phi) is 3.81. The molecule has 1 saturated heterocycles. The van der Waals surface area contributed by atoms with Crippen LogP contribution in [0.25, 0.3) is 0 Å². The third-order valence-corrected chi connectivity index (χ3v) is 3.82. The number of urea groups is 1. The SMILES string of the molecule is COC(=O)CC[C@H]1NC(=O)N(c2cc3c(cc2C)OCO3)C1=O. The van der Waals surface area contributed by atoms with Crippen LogP contribution in [0.15, 0.2) is 12.1 Å². The molecule has 3 amide bonds. The molecule has 0 bridgehead atoms. The lowest BCUT2D eigenvalue weighted by Gasteiger charge is -2.16. The van der Waals surface area contributed by atoms with E-state index in [-0.39, 0.29) is 19.6 Å². The molecule has 2 heterocycles. The first-order chi connectivity index (χ1) is 11.0. The van der Waals surface area contributed by atoms with Crippen LogP contribution in [0.1, 0.15) is 18.4 Å². The number of amides is 3. The fourth-order valence-electron chi connectivity index (χ4n) is 2.59. The molecule has 1 atom stereocenters. The Balaban J connectivity index is 1.82. The molecule has 0 unspecified atom stereocenters. The normalized spacial score (nSPS) is 19.0. The van der Waals surface area contributed by atoms with Gasteiger partial charge in [0, 0.05) is 12.5 Å². The van der Waals surface area contributed by atoms with Crippen LogP contribution in [0, 0.1) is 6.92 Å². The number of esters is 1. The van der Waals surface area contributed by atoms with Gasteiger partial charge in [-0.05, 0) is 25.0 Å². The van der Waals surface area contributed by atoms with Crippen molar-refractivity contribution in [1.29, 1.82) is 0 Å². The maximum Gasteiger partial charge on any atom is 0.329 e. The minimum Gasteiger partial charge on any atom is -0.469 e. The van der Waals surface area contributed by atoms with Crippen LogP contribution in [0.4, 0.5) is 10.5 Å². The van der Waals surface area contributed by atoms with E-state index in [4.69, 9.17) is 9.47 Å². The number of nitrogens with zero attached hydrogens (tertiary/aromatic N) is 1. The predicted molar refractivity (Wildman–Crippen MR) is 78.4 cm³/mol. The Morgan fingerprint density at radius 1 is 1.35 bits per heavy atom. The summed E-state index contributed by atoms with van der Waals surface area (Å²) in [5.74, 6) is 0.246. The topological polar surface area (TPSA) is 94.2 Å². The van der Waals surface area contributed by atoms with Crippen LogP contribution < -0.4 is 19.7 Å². The summed E-state index contributed by atoms with van der Waals surface area (Å²) >= 11 is 0. The number of anilines is 1. The first-order valence-electron chi connectivity index (χ1n) is 7.13. The van der Waals surface area contributed by atoms with E-state index in [0.717, 1.165) is 4.90 Å². The van der Waals surface area contributed by atoms with Crippen molar-refractivity contribution < 1.29 is 28.6 Å². The summed E-state index contributed by atoms with van der Waals surface area (Å²) in [6.45, 7) is 1.89. The number of fused-ring (bicyclic) bond motifs is 1. The Hall–Kier alpha value is -2.77. The molecule has 0 saturated carbocycles. The van der Waals surface area contributed by atoms with Gasteiger partial charge in [-0.1, -0.05) is 0 Å². The lowest BCUT2D eigenvalue weighted by Crippen LogP contribution is -2.32. The van der Waals surface area contributed by atoms with Crippen LogP contribution in [-0.4, -0.2) is 37.9 Å². The molecule has 1 fully saturated rings. The molecule has 3 rings (SSSR count). The van der Waals surface area contributed by atoms with Crippen molar-refractivity contribution in [2.24, 2.45) is 0 Å². The van der Waals surface area contributed by atoms with E-state index >= 15 is 0 Å². The van der Waals surface area contributed by atoms with Gasteiger partial charge in [-0.2, -0.15) is 0 Å². The number of aryl methyl sites for hydroxylation is 1. The maximum atomic E-state index is 12.5. The zero-order chi connectivity index (χ0) is 16.6. The van der Waals surface area contributed by atoms with E-state index in [1.165, 1.54) is 7.11 Å². The van der Waals surface area contributed by atoms with Gasteiger partial charge in [0.15, 0.2) is 11.5 Å². The van der Waals surface area contributed by atoms with Crippen LogP contribution in [0.2, 0.25) is 0 Å². The number of methoxy groups -OCH3 is 1. The second-order valence-electron chi connectivity index (χ2n) is 5.28. The van der Waals surface area contributed by atoms with E-state index < -0.39 is 23.9 Å². The minimum atomic E-state index is -0.744. The molecule has 2 aliphatic heterocycles. The molecule has 0 aliphatic carbocycles. The summed E-state index contributed by atoms with van der Waals surface area (Å²) in [7, 11) is 1.28. The van der Waals surface area contributed by atoms with E-state index in [2.05, 4.69) is 10.1 Å². The van der Waals surface area contributed by atoms with Gasteiger partial charge < -0.3 is 19.5 Å². The molecule has 0 radical (unpaired) electrons. The van der Waals surface area contributed by atoms with E-state index in [0.29, 0.717) is 22.7 Å². The Bertz CT molecular complexity index is 687. The maximum absolute atomic E-state index is 12.5. The molecule has 1 aromatic rings. The molecular weight excluding hydrogens is 304 g/mol. The average molecular weight is 320 g/mol. The van der Waals surface area contributed by atoms with Gasteiger partial charge in [-0.15, -0.1) is 0 Å². The van der Waals surface area contributed by atoms with Gasteiger partial charge in [-0.3, -0.25) is 9.59 Å². The molecule has 1 aromatic carbocycles. The van der Waals surface area contributed by atoms with Gasteiger partial charge in [-0.25, -0.2) is 9.69 Å². The quantitative estimate of drug-likeness (QED) is 0.659. The average Bonchev–Trinajstić information content (AvgIpc) is 3.08. The van der Waals surface area contributed by atoms with Gasteiger partial charge in [0.1, 0.15) is 6.04 Å². The number of hydrogen-bond donors (Lipinski definition) is 1. The molecule has 2 aliphatic rings. The van der Waals surface area contributed by atoms with E-state index in [9.17, 15) is 14.4 Å². The first-order valence-corrected chi connectivity index (χ1v) is 7.13. The van der Waals surface area contributed by atoms with Crippen molar-refractivity contribution in [2.45, 2.75) is 25.8 Å². The van der Waals surface area contributed by atoms with Crippen molar-refractivity contribution in [2.75, 3.05) is 18.8 Å². The highest BCUT2D eigenvalue weighted by Crippen LogP contribution is 2.39. The molecule has 122 valence electrons. The number of ether oxygens (including phenoxy) is 3. The fraction of sp³-hybridized carbons (Fsp3) is 0.400.